The van der Waals surface area contributed by atoms with E-state index in [-0.39, 0.29) is 6.54 Å². The van der Waals surface area contributed by atoms with E-state index in [4.69, 9.17) is 5.11 Å². The summed E-state index contributed by atoms with van der Waals surface area (Å²) in [5.74, 6) is -0.830. The number of anilines is 1. The number of hydrogen-bond donors (Lipinski definition) is 2. The van der Waals surface area contributed by atoms with Gasteiger partial charge in [-0.2, -0.15) is 0 Å². The van der Waals surface area contributed by atoms with Gasteiger partial charge in [-0.05, 0) is 19.1 Å². The maximum atomic E-state index is 10.6. The van der Waals surface area contributed by atoms with Crippen molar-refractivity contribution in [3.05, 3.63) is 24.3 Å². The predicted molar refractivity (Wildman–Crippen MR) is 59.2 cm³/mol. The fourth-order valence-electron chi connectivity index (χ4n) is 1.26. The molecule has 0 aliphatic rings. The highest BCUT2D eigenvalue weighted by molar-refractivity contribution is 7.80. The van der Waals surface area contributed by atoms with Crippen LogP contribution in [0.3, 0.4) is 0 Å². The summed E-state index contributed by atoms with van der Waals surface area (Å²) < 4.78 is 0. The van der Waals surface area contributed by atoms with Gasteiger partial charge in [-0.1, -0.05) is 12.1 Å². The van der Waals surface area contributed by atoms with Crippen LogP contribution in [0.4, 0.5) is 5.69 Å². The zero-order valence-electron chi connectivity index (χ0n) is 7.97. The normalized spacial score (nSPS) is 9.86. The van der Waals surface area contributed by atoms with Gasteiger partial charge in [0.2, 0.25) is 0 Å². The van der Waals surface area contributed by atoms with Crippen LogP contribution in [0.2, 0.25) is 0 Å². The van der Waals surface area contributed by atoms with Crippen molar-refractivity contribution in [3.63, 3.8) is 0 Å². The molecule has 14 heavy (non-hydrogen) atoms. The highest BCUT2D eigenvalue weighted by Gasteiger charge is 2.10. The van der Waals surface area contributed by atoms with E-state index in [1.807, 2.05) is 31.2 Å². The Balaban J connectivity index is 2.89. The number of aliphatic carboxylic acids is 1. The van der Waals surface area contributed by atoms with Crippen LogP contribution >= 0.6 is 12.6 Å². The van der Waals surface area contributed by atoms with Crippen LogP contribution in [-0.4, -0.2) is 24.2 Å². The van der Waals surface area contributed by atoms with Crippen LogP contribution < -0.4 is 4.90 Å². The van der Waals surface area contributed by atoms with E-state index in [1.54, 1.807) is 4.90 Å². The molecule has 0 aromatic heterocycles. The van der Waals surface area contributed by atoms with Gasteiger partial charge in [-0.3, -0.25) is 4.79 Å². The second-order valence-electron chi connectivity index (χ2n) is 2.90. The molecule has 0 saturated carbocycles. The van der Waals surface area contributed by atoms with Crippen molar-refractivity contribution in [2.75, 3.05) is 18.0 Å². The summed E-state index contributed by atoms with van der Waals surface area (Å²) in [5.41, 5.74) is 0.862. The van der Waals surface area contributed by atoms with Gasteiger partial charge in [-0.25, -0.2) is 0 Å². The number of nitrogens with zero attached hydrogens (tertiary/aromatic N) is 1. The molecule has 0 amide bonds. The van der Waals surface area contributed by atoms with Gasteiger partial charge in [0, 0.05) is 11.4 Å². The van der Waals surface area contributed by atoms with Crippen LogP contribution in [0.25, 0.3) is 0 Å². The number of rotatable bonds is 4. The average molecular weight is 211 g/mol. The Morgan fingerprint density at radius 2 is 2.14 bits per heavy atom. The highest BCUT2D eigenvalue weighted by Crippen LogP contribution is 2.22. The minimum Gasteiger partial charge on any atom is -0.480 e. The van der Waals surface area contributed by atoms with E-state index in [2.05, 4.69) is 12.6 Å². The Kier molecular flexibility index (Phi) is 3.83. The summed E-state index contributed by atoms with van der Waals surface area (Å²) >= 11 is 4.28. The molecule has 0 aliphatic heterocycles. The van der Waals surface area contributed by atoms with Crippen molar-refractivity contribution in [1.82, 2.24) is 0 Å². The third-order valence-electron chi connectivity index (χ3n) is 1.93. The number of para-hydroxylation sites is 1. The molecule has 0 spiro atoms. The zero-order valence-corrected chi connectivity index (χ0v) is 8.87. The molecule has 0 fully saturated rings. The maximum Gasteiger partial charge on any atom is 0.323 e. The van der Waals surface area contributed by atoms with Crippen LogP contribution in [-0.2, 0) is 4.79 Å². The molecule has 0 saturated heterocycles. The first-order valence-corrected chi connectivity index (χ1v) is 4.84. The molecule has 3 nitrogen and oxygen atoms in total. The van der Waals surface area contributed by atoms with Crippen molar-refractivity contribution in [1.29, 1.82) is 0 Å². The lowest BCUT2D eigenvalue weighted by atomic mass is 10.3. The molecule has 0 heterocycles. The largest absolute Gasteiger partial charge is 0.480 e. The molecule has 0 atom stereocenters. The van der Waals surface area contributed by atoms with E-state index < -0.39 is 5.97 Å². The van der Waals surface area contributed by atoms with Gasteiger partial charge >= 0.3 is 5.97 Å². The summed E-state index contributed by atoms with van der Waals surface area (Å²) in [6, 6.07) is 7.47. The second-order valence-corrected chi connectivity index (χ2v) is 3.38. The summed E-state index contributed by atoms with van der Waals surface area (Å²) in [6.45, 7) is 2.58. The number of benzene rings is 1. The summed E-state index contributed by atoms with van der Waals surface area (Å²) in [6.07, 6.45) is 0. The lowest BCUT2D eigenvalue weighted by Gasteiger charge is -2.22. The number of carboxylic acids is 1. The van der Waals surface area contributed by atoms with Crippen molar-refractivity contribution in [3.8, 4) is 0 Å². The molecule has 0 aliphatic carbocycles. The van der Waals surface area contributed by atoms with E-state index in [9.17, 15) is 4.79 Å². The molecular weight excluding hydrogens is 198 g/mol. The quantitative estimate of drug-likeness (QED) is 0.747. The number of hydrogen-bond acceptors (Lipinski definition) is 3. The van der Waals surface area contributed by atoms with E-state index >= 15 is 0 Å². The van der Waals surface area contributed by atoms with Crippen molar-refractivity contribution >= 4 is 24.3 Å². The van der Waals surface area contributed by atoms with Gasteiger partial charge in [0.15, 0.2) is 0 Å². The highest BCUT2D eigenvalue weighted by atomic mass is 32.1. The SMILES string of the molecule is CCN(CC(=O)O)c1ccccc1S. The first-order chi connectivity index (χ1) is 6.65. The fourth-order valence-corrected chi connectivity index (χ4v) is 1.56. The molecule has 0 bridgehead atoms. The average Bonchev–Trinajstić information content (AvgIpc) is 2.15. The minimum absolute atomic E-state index is 0.00801. The predicted octanol–water partition coefficient (Wildman–Crippen LogP) is 1.89. The van der Waals surface area contributed by atoms with Crippen molar-refractivity contribution in [2.45, 2.75) is 11.8 Å². The summed E-state index contributed by atoms with van der Waals surface area (Å²) in [7, 11) is 0. The molecule has 4 heteroatoms. The van der Waals surface area contributed by atoms with Gasteiger partial charge in [-0.15, -0.1) is 12.6 Å². The lowest BCUT2D eigenvalue weighted by Crippen LogP contribution is -2.29. The number of thiol groups is 1. The molecular formula is C10H13NO2S. The Bertz CT molecular complexity index is 328. The second kappa shape index (κ2) is 4.91. The molecule has 1 aromatic carbocycles. The molecule has 0 radical (unpaired) electrons. The smallest absolute Gasteiger partial charge is 0.323 e. The van der Waals surface area contributed by atoms with Crippen LogP contribution in [0, 0.1) is 0 Å². The van der Waals surface area contributed by atoms with Crippen LogP contribution in [0.5, 0.6) is 0 Å². The van der Waals surface area contributed by atoms with Crippen LogP contribution in [0.15, 0.2) is 29.2 Å². The number of carboxylic acid groups (broad SMARTS) is 1. The van der Waals surface area contributed by atoms with Gasteiger partial charge < -0.3 is 10.0 Å². The summed E-state index contributed by atoms with van der Waals surface area (Å²) in [5, 5.41) is 8.70. The monoisotopic (exact) mass is 211 g/mol. The molecule has 0 unspecified atom stereocenters. The van der Waals surface area contributed by atoms with E-state index in [1.165, 1.54) is 0 Å². The Morgan fingerprint density at radius 1 is 1.50 bits per heavy atom. The Labute approximate surface area is 88.8 Å². The molecule has 1 aromatic rings. The van der Waals surface area contributed by atoms with Gasteiger partial charge in [0.25, 0.3) is 0 Å². The number of likely N-dealkylation sites (N-methyl/N-ethyl adjacent to an activating group) is 1. The third-order valence-corrected chi connectivity index (χ3v) is 2.31. The standard InChI is InChI=1S/C10H13NO2S/c1-2-11(7-10(12)13)8-5-3-4-6-9(8)14/h3-6,14H,2,7H2,1H3,(H,12,13). The van der Waals surface area contributed by atoms with E-state index in [0.29, 0.717) is 6.54 Å². The molecule has 1 rings (SSSR count). The third kappa shape index (κ3) is 2.67. The first kappa shape index (κ1) is 10.9. The minimum atomic E-state index is -0.830. The van der Waals surface area contributed by atoms with E-state index in [0.717, 1.165) is 10.6 Å². The lowest BCUT2D eigenvalue weighted by molar-refractivity contribution is -0.135. The molecule has 1 N–H and O–H groups in total. The maximum absolute atomic E-state index is 10.6. The van der Waals surface area contributed by atoms with Gasteiger partial charge in [0.1, 0.15) is 6.54 Å². The molecule has 76 valence electrons. The summed E-state index contributed by atoms with van der Waals surface area (Å²) in [4.78, 5) is 13.2. The number of carbonyl (C=O) groups is 1. The van der Waals surface area contributed by atoms with Crippen molar-refractivity contribution in [2.24, 2.45) is 0 Å². The van der Waals surface area contributed by atoms with Crippen molar-refractivity contribution < 1.29 is 9.90 Å². The van der Waals surface area contributed by atoms with Gasteiger partial charge in [0.05, 0.1) is 5.69 Å². The zero-order chi connectivity index (χ0) is 10.6. The Hall–Kier alpha value is -1.16. The topological polar surface area (TPSA) is 40.5 Å². The Morgan fingerprint density at radius 3 is 2.64 bits per heavy atom. The fraction of sp³-hybridized carbons (Fsp3) is 0.300. The first-order valence-electron chi connectivity index (χ1n) is 4.40. The van der Waals surface area contributed by atoms with Crippen LogP contribution in [0.1, 0.15) is 6.92 Å².